The topological polar surface area (TPSA) is 3.24 Å². The Morgan fingerprint density at radius 3 is 1.37 bits per heavy atom. The summed E-state index contributed by atoms with van der Waals surface area (Å²) in [5.74, 6) is 0. The van der Waals surface area contributed by atoms with Gasteiger partial charge in [0, 0.05) is 22.5 Å². The van der Waals surface area contributed by atoms with Gasteiger partial charge in [0.15, 0.2) is 16.1 Å². The third kappa shape index (κ3) is 6.65. The summed E-state index contributed by atoms with van der Waals surface area (Å²) >= 11 is 0. The van der Waals surface area contributed by atoms with Crippen LogP contribution in [0.3, 0.4) is 0 Å². The fraction of sp³-hybridized carbons (Fsp3) is 0.0400. The van der Waals surface area contributed by atoms with Crippen LogP contribution in [0.5, 0.6) is 0 Å². The van der Waals surface area contributed by atoms with E-state index in [1.165, 1.54) is 108 Å². The van der Waals surface area contributed by atoms with Gasteiger partial charge >= 0.3 is 0 Å². The van der Waals surface area contributed by atoms with Crippen LogP contribution >= 0.6 is 0 Å². The first-order valence-electron chi connectivity index (χ1n) is 27.4. The van der Waals surface area contributed by atoms with Crippen molar-refractivity contribution in [3.05, 3.63) is 320 Å². The zero-order valence-corrected chi connectivity index (χ0v) is 45.7. The molecule has 1 aliphatic carbocycles. The van der Waals surface area contributed by atoms with Crippen molar-refractivity contribution < 1.29 is 0 Å². The maximum atomic E-state index is 2.60. The third-order valence-corrected chi connectivity index (χ3v) is 27.4. The van der Waals surface area contributed by atoms with E-state index < -0.39 is 16.1 Å². The van der Waals surface area contributed by atoms with Crippen LogP contribution in [0.25, 0.3) is 44.5 Å². The number of anilines is 3. The first-order chi connectivity index (χ1) is 38.5. The summed E-state index contributed by atoms with van der Waals surface area (Å²) in [5.41, 5.74) is 18.6. The second kappa shape index (κ2) is 18.0. The van der Waals surface area contributed by atoms with Crippen LogP contribution in [0.2, 0.25) is 0 Å². The lowest BCUT2D eigenvalue weighted by Crippen LogP contribution is -2.73. The summed E-state index contributed by atoms with van der Waals surface area (Å²) in [4.78, 5) is 2.60. The van der Waals surface area contributed by atoms with Gasteiger partial charge in [-0.3, -0.25) is 0 Å². The highest BCUT2D eigenvalue weighted by atomic mass is 28.3. The Balaban J connectivity index is 1.02. The van der Waals surface area contributed by atoms with E-state index in [1.807, 2.05) is 0 Å². The number of benzene rings is 12. The van der Waals surface area contributed by atoms with E-state index in [1.54, 1.807) is 0 Å². The number of aryl methyl sites for hydroxylation is 1. The van der Waals surface area contributed by atoms with Crippen molar-refractivity contribution in [3.63, 3.8) is 0 Å². The molecule has 12 aromatic carbocycles. The molecule has 1 nitrogen and oxygen atoms in total. The van der Waals surface area contributed by atoms with E-state index in [9.17, 15) is 0 Å². The lowest BCUT2D eigenvalue weighted by Gasteiger charge is -2.35. The van der Waals surface area contributed by atoms with E-state index in [0.29, 0.717) is 0 Å². The molecule has 0 spiro atoms. The monoisotopic (exact) mass is 1030 g/mol. The van der Waals surface area contributed by atoms with Crippen molar-refractivity contribution in [3.8, 4) is 44.5 Å². The summed E-state index contributed by atoms with van der Waals surface area (Å²) < 4.78 is 0. The van der Waals surface area contributed by atoms with E-state index in [4.69, 9.17) is 0 Å². The Labute approximate surface area is 460 Å². The Morgan fingerprint density at radius 1 is 0.282 bits per heavy atom. The minimum atomic E-state index is -3.02. The van der Waals surface area contributed by atoms with Gasteiger partial charge < -0.3 is 4.90 Å². The Morgan fingerprint density at radius 2 is 0.744 bits per heavy atom. The molecule has 368 valence electrons. The minimum Gasteiger partial charge on any atom is -0.310 e. The number of hydrogen-bond donors (Lipinski definition) is 0. The lowest BCUT2D eigenvalue weighted by molar-refractivity contribution is 0.714. The van der Waals surface area contributed by atoms with Crippen molar-refractivity contribution in [1.29, 1.82) is 0 Å². The number of rotatable bonds is 9. The molecule has 0 saturated heterocycles. The van der Waals surface area contributed by atoms with Gasteiger partial charge in [0.05, 0.1) is 0 Å². The van der Waals surface area contributed by atoms with Gasteiger partial charge in [-0.2, -0.15) is 0 Å². The zero-order chi connectivity index (χ0) is 52.0. The fourth-order valence-electron chi connectivity index (χ4n) is 14.4. The maximum absolute atomic E-state index is 3.02. The van der Waals surface area contributed by atoms with Gasteiger partial charge in [-0.15, -0.1) is 0 Å². The van der Waals surface area contributed by atoms with Gasteiger partial charge in [-0.25, -0.2) is 0 Å². The molecule has 2 atom stereocenters. The average molecular weight is 1030 g/mol. The van der Waals surface area contributed by atoms with E-state index >= 15 is 0 Å². The molecule has 0 radical (unpaired) electrons. The van der Waals surface area contributed by atoms with Gasteiger partial charge in [0.1, 0.15) is 0 Å². The fourth-order valence-corrected chi connectivity index (χ4v) is 25.0. The first-order valence-corrected chi connectivity index (χ1v) is 31.4. The highest BCUT2D eigenvalue weighted by molar-refractivity contribution is 7.23. The third-order valence-electron chi connectivity index (χ3n) is 17.7. The van der Waals surface area contributed by atoms with Crippen LogP contribution in [0.4, 0.5) is 17.1 Å². The molecular weight excluding hydrogens is 971 g/mol. The smallest absolute Gasteiger partial charge is 0.180 e. The second-order valence-electron chi connectivity index (χ2n) is 21.7. The van der Waals surface area contributed by atoms with Crippen LogP contribution in [-0.4, -0.2) is 16.1 Å². The van der Waals surface area contributed by atoms with Gasteiger partial charge in [-0.05, 0) is 159 Å². The molecule has 12 aromatic rings. The quantitative estimate of drug-likeness (QED) is 0.130. The Bertz CT molecular complexity index is 4260. The molecule has 0 saturated carbocycles. The zero-order valence-electron chi connectivity index (χ0n) is 43.7. The molecule has 0 amide bonds. The van der Waals surface area contributed by atoms with Crippen molar-refractivity contribution in [2.75, 3.05) is 4.90 Å². The van der Waals surface area contributed by atoms with Crippen LogP contribution < -0.4 is 46.4 Å². The standard InChI is InChI=1S/C75H55NSi2/c1-52-46-58(50-62(47-52)78(60-31-13-6-14-32-60)73-41-22-18-37-67(73)68-44-42-54(48-74(68)78)53-24-7-3-8-25-53)76(57-43-45-64-63-34-15-19-38-69(63)75(2,70(64)51-57)55-26-9-4-10-27-55)56-28-23-33-61(49-56)77(59-29-11-5-12-30-59)71-39-20-16-35-65(71)66-36-17-21-40-72(66)77/h3-51H,1-2H3. The molecular formula is C75H55NSi2. The SMILES string of the molecule is Cc1cc(N(c2cccc([Si]3(c4ccccc4)c4ccccc4-c4ccccc43)c2)c2ccc3c(c2)C(C)(c2ccccc2)c2ccccc2-3)cc([Si]2(c3ccccc3)c3ccccc3-c3ccc(-c4ccccc4)cc32)c1. The molecule has 78 heavy (non-hydrogen) atoms. The minimum absolute atomic E-state index is 0.381. The maximum Gasteiger partial charge on any atom is 0.180 e. The highest BCUT2D eigenvalue weighted by Crippen LogP contribution is 2.54. The van der Waals surface area contributed by atoms with Gasteiger partial charge in [0.25, 0.3) is 0 Å². The number of nitrogens with zero attached hydrogens (tertiary/aromatic N) is 1. The predicted octanol–water partition coefficient (Wildman–Crippen LogP) is 13.2. The molecule has 15 rings (SSSR count). The molecule has 2 unspecified atom stereocenters. The van der Waals surface area contributed by atoms with Crippen molar-refractivity contribution in [1.82, 2.24) is 0 Å². The van der Waals surface area contributed by atoms with Crippen LogP contribution in [-0.2, 0) is 5.41 Å². The average Bonchev–Trinajstić information content (AvgIpc) is 4.30. The largest absolute Gasteiger partial charge is 0.310 e. The molecule has 3 aliphatic rings. The molecule has 0 bridgehead atoms. The summed E-state index contributed by atoms with van der Waals surface area (Å²) in [7, 11) is -5.88. The van der Waals surface area contributed by atoms with Gasteiger partial charge in [-0.1, -0.05) is 261 Å². The normalized spacial score (nSPS) is 16.8. The molecule has 0 aromatic heterocycles. The van der Waals surface area contributed by atoms with Crippen molar-refractivity contribution in [2.45, 2.75) is 19.3 Å². The molecule has 0 fully saturated rings. The summed E-state index contributed by atoms with van der Waals surface area (Å²) in [6.07, 6.45) is 0. The molecule has 2 aliphatic heterocycles. The molecule has 2 heterocycles. The summed E-state index contributed by atoms with van der Waals surface area (Å²) in [6.45, 7) is 4.75. The van der Waals surface area contributed by atoms with Crippen LogP contribution in [0, 0.1) is 6.92 Å². The van der Waals surface area contributed by atoms with E-state index in [-0.39, 0.29) is 5.41 Å². The molecule has 0 N–H and O–H groups in total. The summed E-state index contributed by atoms with van der Waals surface area (Å²) in [6, 6.07) is 114. The van der Waals surface area contributed by atoms with Gasteiger partial charge in [0.2, 0.25) is 0 Å². The number of hydrogen-bond acceptors (Lipinski definition) is 1. The van der Waals surface area contributed by atoms with Crippen molar-refractivity contribution in [2.24, 2.45) is 0 Å². The Kier molecular flexibility index (Phi) is 10.7. The van der Waals surface area contributed by atoms with Crippen molar-refractivity contribution >= 4 is 74.7 Å². The predicted molar refractivity (Wildman–Crippen MR) is 334 cm³/mol. The number of fused-ring (bicyclic) bond motifs is 9. The van der Waals surface area contributed by atoms with E-state index in [2.05, 4.69) is 316 Å². The van der Waals surface area contributed by atoms with Crippen LogP contribution in [0.15, 0.2) is 297 Å². The first kappa shape index (κ1) is 46.2. The lowest BCUT2D eigenvalue weighted by atomic mass is 9.74. The second-order valence-corrected chi connectivity index (χ2v) is 29.2. The Hall–Kier alpha value is -9.13. The highest BCUT2D eigenvalue weighted by Gasteiger charge is 2.51. The van der Waals surface area contributed by atoms with Crippen LogP contribution in [0.1, 0.15) is 29.2 Å². The van der Waals surface area contributed by atoms with E-state index in [0.717, 1.165) is 17.1 Å². The summed E-state index contributed by atoms with van der Waals surface area (Å²) in [5, 5.41) is 11.3. The molecule has 3 heteroatoms.